The molecule has 5 saturated carbocycles. The largest absolute Gasteiger partial charge is 0.393 e. The third-order valence-electron chi connectivity index (χ3n) is 15.4. The number of aliphatic hydroxyl groups excluding tert-OH is 5. The first-order chi connectivity index (χ1) is 20.3. The van der Waals surface area contributed by atoms with Crippen molar-refractivity contribution in [3.8, 4) is 0 Å². The van der Waals surface area contributed by atoms with Crippen LogP contribution in [0.1, 0.15) is 106 Å². The Balaban J connectivity index is 1.16. The fourth-order valence-electron chi connectivity index (χ4n) is 13.2. The fraction of sp³-hybridized carbons (Fsp3) is 1.00. The van der Waals surface area contributed by atoms with E-state index in [0.29, 0.717) is 18.3 Å². The molecule has 44 heavy (non-hydrogen) atoms. The van der Waals surface area contributed by atoms with Crippen LogP contribution in [0.15, 0.2) is 0 Å². The molecule has 0 bridgehead atoms. The van der Waals surface area contributed by atoms with E-state index in [1.54, 1.807) is 13.8 Å². The quantitative estimate of drug-likeness (QED) is 0.260. The number of fused-ring (bicyclic) bond motifs is 2. The minimum Gasteiger partial charge on any atom is -0.393 e. The molecule has 2 heterocycles. The van der Waals surface area contributed by atoms with Crippen molar-refractivity contribution in [1.82, 2.24) is 0 Å². The van der Waals surface area contributed by atoms with Crippen LogP contribution in [0.2, 0.25) is 0 Å². The Hall–Kier alpha value is -0.360. The zero-order valence-corrected chi connectivity index (χ0v) is 27.8. The molecule has 0 aromatic carbocycles. The van der Waals surface area contributed by atoms with E-state index in [1.165, 1.54) is 0 Å². The lowest BCUT2D eigenvalue weighted by atomic mass is 9.39. The lowest BCUT2D eigenvalue weighted by Crippen LogP contribution is -2.65. The molecule has 9 nitrogen and oxygen atoms in total. The predicted octanol–water partition coefficient (Wildman–Crippen LogP) is 2.90. The van der Waals surface area contributed by atoms with E-state index in [2.05, 4.69) is 34.6 Å². The van der Waals surface area contributed by atoms with Crippen LogP contribution in [0.25, 0.3) is 0 Å². The summed E-state index contributed by atoms with van der Waals surface area (Å²) in [6.07, 6.45) is 1.42. The van der Waals surface area contributed by atoms with Gasteiger partial charge in [-0.2, -0.15) is 0 Å². The summed E-state index contributed by atoms with van der Waals surface area (Å²) in [4.78, 5) is 0. The average Bonchev–Trinajstić information content (AvgIpc) is 3.23. The molecule has 5 aliphatic carbocycles. The second-order valence-electron chi connectivity index (χ2n) is 18.4. The third-order valence-corrected chi connectivity index (χ3v) is 15.4. The second kappa shape index (κ2) is 9.63. The molecule has 252 valence electrons. The van der Waals surface area contributed by atoms with Crippen molar-refractivity contribution < 1.29 is 44.8 Å². The Morgan fingerprint density at radius 2 is 1.50 bits per heavy atom. The molecule has 7 aliphatic rings. The minimum atomic E-state index is -1.29. The van der Waals surface area contributed by atoms with Crippen molar-refractivity contribution in [3.05, 3.63) is 0 Å². The van der Waals surface area contributed by atoms with Gasteiger partial charge in [0.25, 0.3) is 0 Å². The zero-order valence-electron chi connectivity index (χ0n) is 27.8. The molecule has 6 N–H and O–H groups in total. The molecule has 7 fully saturated rings. The highest BCUT2D eigenvalue weighted by Gasteiger charge is 2.85. The maximum atomic E-state index is 12.4. The predicted molar refractivity (Wildman–Crippen MR) is 161 cm³/mol. The summed E-state index contributed by atoms with van der Waals surface area (Å²) < 4.78 is 18.6. The Morgan fingerprint density at radius 1 is 0.795 bits per heavy atom. The van der Waals surface area contributed by atoms with Gasteiger partial charge in [0.15, 0.2) is 6.29 Å². The van der Waals surface area contributed by atoms with Crippen molar-refractivity contribution in [1.29, 1.82) is 0 Å². The smallest absolute Gasteiger partial charge is 0.186 e. The van der Waals surface area contributed by atoms with E-state index in [9.17, 15) is 30.6 Å². The lowest BCUT2D eigenvalue weighted by molar-refractivity contribution is -0.291. The second-order valence-corrected chi connectivity index (χ2v) is 18.4. The van der Waals surface area contributed by atoms with Crippen LogP contribution < -0.4 is 0 Å². The van der Waals surface area contributed by atoms with Crippen LogP contribution in [-0.4, -0.2) is 97.5 Å². The summed E-state index contributed by atoms with van der Waals surface area (Å²) >= 11 is 0. The van der Waals surface area contributed by atoms with Crippen molar-refractivity contribution in [2.24, 2.45) is 44.8 Å². The van der Waals surface area contributed by atoms with Gasteiger partial charge in [-0.3, -0.25) is 0 Å². The Kier molecular flexibility index (Phi) is 7.04. The highest BCUT2D eigenvalue weighted by Crippen LogP contribution is 2.90. The van der Waals surface area contributed by atoms with Gasteiger partial charge < -0.3 is 44.8 Å². The van der Waals surface area contributed by atoms with E-state index < -0.39 is 53.4 Å². The molecule has 2 spiro atoms. The summed E-state index contributed by atoms with van der Waals surface area (Å²) in [6.45, 7) is 15.0. The normalized spacial score (nSPS) is 59.8. The van der Waals surface area contributed by atoms with Gasteiger partial charge in [0.1, 0.15) is 18.3 Å². The highest BCUT2D eigenvalue weighted by molar-refractivity contribution is 5.34. The standard InChI is InChI=1S/C35H58O9/c1-29(2)14-22-31(5)13-19(36)27(32(6)10-9-24(44-32)30(3,4)41)33(31,7)23(38)15-35(22)17-34(35)11-8-18(12-21(29)34)43-28-26(40)25(39)20(37)16-42-28/h18-28,36-41H,8-17H2,1-7H3. The molecule has 2 saturated heterocycles. The van der Waals surface area contributed by atoms with Gasteiger partial charge in [0.05, 0.1) is 42.2 Å². The molecule has 0 aromatic heterocycles. The van der Waals surface area contributed by atoms with Gasteiger partial charge >= 0.3 is 0 Å². The maximum absolute atomic E-state index is 12.4. The number of rotatable bonds is 4. The van der Waals surface area contributed by atoms with Gasteiger partial charge in [-0.05, 0) is 112 Å². The first-order valence-corrected chi connectivity index (χ1v) is 17.3. The number of aliphatic hydroxyl groups is 6. The van der Waals surface area contributed by atoms with Crippen LogP contribution >= 0.6 is 0 Å². The van der Waals surface area contributed by atoms with E-state index >= 15 is 0 Å². The SMILES string of the molecule is CC(C)(O)C1CCC(C)(C2C(O)CC3(C)C4CC(C)(C)C5CC(OC6OCC(O)C(O)C6O)CCC56CC46CC(O)C23C)O1. The van der Waals surface area contributed by atoms with Crippen LogP contribution in [0, 0.1) is 44.8 Å². The minimum absolute atomic E-state index is 0.00343. The number of hydrogen-bond acceptors (Lipinski definition) is 9. The van der Waals surface area contributed by atoms with Gasteiger partial charge in [0.2, 0.25) is 0 Å². The highest BCUT2D eigenvalue weighted by atomic mass is 16.7. The van der Waals surface area contributed by atoms with E-state index in [0.717, 1.165) is 51.4 Å². The summed E-state index contributed by atoms with van der Waals surface area (Å²) in [5, 5.41) is 65.7. The molecular weight excluding hydrogens is 564 g/mol. The van der Waals surface area contributed by atoms with Gasteiger partial charge in [-0.1, -0.05) is 27.7 Å². The summed E-state index contributed by atoms with van der Waals surface area (Å²) in [6, 6.07) is 0. The van der Waals surface area contributed by atoms with Crippen molar-refractivity contribution in [2.45, 2.75) is 166 Å². The molecule has 16 unspecified atom stereocenters. The number of hydrogen-bond donors (Lipinski definition) is 6. The zero-order chi connectivity index (χ0) is 32.0. The van der Waals surface area contributed by atoms with Gasteiger partial charge in [-0.25, -0.2) is 0 Å². The van der Waals surface area contributed by atoms with Gasteiger partial charge in [0, 0.05) is 11.3 Å². The van der Waals surface area contributed by atoms with Crippen molar-refractivity contribution in [2.75, 3.05) is 6.61 Å². The van der Waals surface area contributed by atoms with E-state index in [4.69, 9.17) is 14.2 Å². The molecule has 16 atom stereocenters. The lowest BCUT2D eigenvalue weighted by Gasteiger charge is -2.66. The maximum Gasteiger partial charge on any atom is 0.186 e. The average molecular weight is 623 g/mol. The summed E-state index contributed by atoms with van der Waals surface area (Å²) in [5.41, 5.74) is -2.26. The Morgan fingerprint density at radius 3 is 2.16 bits per heavy atom. The van der Waals surface area contributed by atoms with Crippen LogP contribution in [0.4, 0.5) is 0 Å². The topological polar surface area (TPSA) is 149 Å². The monoisotopic (exact) mass is 622 g/mol. The van der Waals surface area contributed by atoms with Crippen molar-refractivity contribution >= 4 is 0 Å². The third kappa shape index (κ3) is 4.03. The number of ether oxygens (including phenoxy) is 3. The Bertz CT molecular complexity index is 1160. The first kappa shape index (κ1) is 32.2. The van der Waals surface area contributed by atoms with Crippen LogP contribution in [-0.2, 0) is 14.2 Å². The van der Waals surface area contributed by atoms with E-state index in [-0.39, 0.29) is 46.4 Å². The van der Waals surface area contributed by atoms with E-state index in [1.807, 2.05) is 0 Å². The molecule has 0 radical (unpaired) electrons. The van der Waals surface area contributed by atoms with Crippen molar-refractivity contribution in [3.63, 3.8) is 0 Å². The molecular formula is C35H58O9. The molecule has 0 amide bonds. The van der Waals surface area contributed by atoms with Crippen LogP contribution in [0.3, 0.4) is 0 Å². The van der Waals surface area contributed by atoms with Crippen LogP contribution in [0.5, 0.6) is 0 Å². The molecule has 7 rings (SSSR count). The summed E-state index contributed by atoms with van der Waals surface area (Å²) in [7, 11) is 0. The van der Waals surface area contributed by atoms with Gasteiger partial charge in [-0.15, -0.1) is 0 Å². The first-order valence-electron chi connectivity index (χ1n) is 17.3. The molecule has 9 heteroatoms. The summed E-state index contributed by atoms with van der Waals surface area (Å²) in [5.74, 6) is 0.518. The molecule has 0 aromatic rings. The Labute approximate surface area is 262 Å². The fourth-order valence-corrected chi connectivity index (χ4v) is 13.2. The molecule has 2 aliphatic heterocycles.